The quantitative estimate of drug-likeness (QED) is 0.759. The lowest BCUT2D eigenvalue weighted by Crippen LogP contribution is -2.08. The van der Waals surface area contributed by atoms with Crippen LogP contribution in [0.4, 0.5) is 0 Å². The van der Waals surface area contributed by atoms with Gasteiger partial charge in [0.05, 0.1) is 13.2 Å². The summed E-state index contributed by atoms with van der Waals surface area (Å²) in [6.45, 7) is 4.53. The molecule has 1 rings (SSSR count). The zero-order valence-corrected chi connectivity index (χ0v) is 10.3. The van der Waals surface area contributed by atoms with E-state index >= 15 is 0 Å². The molecule has 96 valence electrons. The van der Waals surface area contributed by atoms with E-state index in [2.05, 4.69) is 13.8 Å². The standard InChI is InChI=1S/C13H20O4/c1-10(2)11-4-3-5-12(16-8-6-14)13(11)17-9-7-15/h3-5,10,14-15H,6-9H2,1-2H3. The minimum Gasteiger partial charge on any atom is -0.487 e. The molecule has 0 aliphatic carbocycles. The number of aliphatic hydroxyl groups excluding tert-OH is 2. The van der Waals surface area contributed by atoms with Crippen LogP contribution in [0.15, 0.2) is 18.2 Å². The molecular formula is C13H20O4. The van der Waals surface area contributed by atoms with E-state index in [-0.39, 0.29) is 26.4 Å². The van der Waals surface area contributed by atoms with Crippen LogP contribution in [0.5, 0.6) is 11.5 Å². The highest BCUT2D eigenvalue weighted by molar-refractivity contribution is 5.48. The number of para-hydroxylation sites is 1. The van der Waals surface area contributed by atoms with E-state index in [1.54, 1.807) is 6.07 Å². The lowest BCUT2D eigenvalue weighted by atomic mass is 10.0. The summed E-state index contributed by atoms with van der Waals surface area (Å²) in [4.78, 5) is 0. The van der Waals surface area contributed by atoms with E-state index in [0.29, 0.717) is 17.4 Å². The number of benzene rings is 1. The van der Waals surface area contributed by atoms with Crippen molar-refractivity contribution in [2.75, 3.05) is 26.4 Å². The monoisotopic (exact) mass is 240 g/mol. The predicted molar refractivity (Wildman–Crippen MR) is 65.7 cm³/mol. The Hall–Kier alpha value is -1.26. The summed E-state index contributed by atoms with van der Waals surface area (Å²) in [6.07, 6.45) is 0. The van der Waals surface area contributed by atoms with Crippen molar-refractivity contribution in [3.63, 3.8) is 0 Å². The van der Waals surface area contributed by atoms with Gasteiger partial charge in [0.15, 0.2) is 11.5 Å². The van der Waals surface area contributed by atoms with Crippen molar-refractivity contribution in [3.8, 4) is 11.5 Å². The summed E-state index contributed by atoms with van der Waals surface area (Å²) in [5.74, 6) is 1.57. The summed E-state index contributed by atoms with van der Waals surface area (Å²) in [7, 11) is 0. The molecule has 0 aromatic heterocycles. The Kier molecular flexibility index (Phi) is 5.80. The number of aliphatic hydroxyl groups is 2. The molecule has 0 unspecified atom stereocenters. The van der Waals surface area contributed by atoms with Gasteiger partial charge in [0, 0.05) is 5.56 Å². The van der Waals surface area contributed by atoms with Gasteiger partial charge in [-0.2, -0.15) is 0 Å². The van der Waals surface area contributed by atoms with Gasteiger partial charge in [0.25, 0.3) is 0 Å². The van der Waals surface area contributed by atoms with Gasteiger partial charge >= 0.3 is 0 Å². The van der Waals surface area contributed by atoms with Crippen molar-refractivity contribution in [2.45, 2.75) is 19.8 Å². The zero-order valence-electron chi connectivity index (χ0n) is 10.3. The lowest BCUT2D eigenvalue weighted by molar-refractivity contribution is 0.177. The van der Waals surface area contributed by atoms with E-state index in [9.17, 15) is 0 Å². The van der Waals surface area contributed by atoms with E-state index < -0.39 is 0 Å². The summed E-state index contributed by atoms with van der Waals surface area (Å²) in [5, 5.41) is 17.6. The Morgan fingerprint density at radius 3 is 2.29 bits per heavy atom. The molecule has 2 N–H and O–H groups in total. The van der Waals surface area contributed by atoms with Crippen molar-refractivity contribution < 1.29 is 19.7 Å². The Bertz CT molecular complexity index is 336. The molecule has 17 heavy (non-hydrogen) atoms. The minimum atomic E-state index is -0.0364. The molecule has 0 radical (unpaired) electrons. The van der Waals surface area contributed by atoms with Gasteiger partial charge in [-0.05, 0) is 12.0 Å². The van der Waals surface area contributed by atoms with Crippen molar-refractivity contribution in [1.29, 1.82) is 0 Å². The summed E-state index contributed by atoms with van der Waals surface area (Å²) in [6, 6.07) is 5.67. The van der Waals surface area contributed by atoms with E-state index in [4.69, 9.17) is 19.7 Å². The Balaban J connectivity index is 2.96. The highest BCUT2D eigenvalue weighted by Gasteiger charge is 2.13. The molecule has 0 aliphatic rings. The minimum absolute atomic E-state index is 0.0358. The van der Waals surface area contributed by atoms with Gasteiger partial charge in [-0.25, -0.2) is 0 Å². The maximum absolute atomic E-state index is 8.82. The van der Waals surface area contributed by atoms with Gasteiger partial charge < -0.3 is 19.7 Å². The smallest absolute Gasteiger partial charge is 0.164 e. The summed E-state index contributed by atoms with van der Waals surface area (Å²) < 4.78 is 10.9. The van der Waals surface area contributed by atoms with Crippen molar-refractivity contribution in [2.24, 2.45) is 0 Å². The fraction of sp³-hybridized carbons (Fsp3) is 0.538. The normalized spacial score (nSPS) is 10.6. The molecule has 0 aliphatic heterocycles. The maximum Gasteiger partial charge on any atom is 0.164 e. The second kappa shape index (κ2) is 7.14. The number of rotatable bonds is 7. The second-order valence-electron chi connectivity index (χ2n) is 3.97. The fourth-order valence-electron chi connectivity index (χ4n) is 1.56. The van der Waals surface area contributed by atoms with E-state index in [0.717, 1.165) is 5.56 Å². The fourth-order valence-corrected chi connectivity index (χ4v) is 1.56. The van der Waals surface area contributed by atoms with E-state index in [1.165, 1.54) is 0 Å². The first kappa shape index (κ1) is 13.8. The Morgan fingerprint density at radius 1 is 1.06 bits per heavy atom. The molecule has 0 spiro atoms. The van der Waals surface area contributed by atoms with Crippen LogP contribution in [0.1, 0.15) is 25.3 Å². The third-order valence-corrected chi connectivity index (χ3v) is 2.32. The van der Waals surface area contributed by atoms with Crippen LogP contribution in [0.3, 0.4) is 0 Å². The highest BCUT2D eigenvalue weighted by atomic mass is 16.5. The molecule has 0 fully saturated rings. The number of hydrogen-bond acceptors (Lipinski definition) is 4. The molecule has 0 saturated heterocycles. The van der Waals surface area contributed by atoms with Crippen LogP contribution in [-0.4, -0.2) is 36.6 Å². The Labute approximate surface area is 102 Å². The highest BCUT2D eigenvalue weighted by Crippen LogP contribution is 2.35. The number of hydrogen-bond donors (Lipinski definition) is 2. The van der Waals surface area contributed by atoms with Crippen LogP contribution >= 0.6 is 0 Å². The second-order valence-corrected chi connectivity index (χ2v) is 3.97. The molecule has 0 amide bonds. The third kappa shape index (κ3) is 3.91. The molecule has 0 saturated carbocycles. The van der Waals surface area contributed by atoms with Crippen LogP contribution < -0.4 is 9.47 Å². The van der Waals surface area contributed by atoms with Gasteiger partial charge in [0.2, 0.25) is 0 Å². The van der Waals surface area contributed by atoms with Crippen LogP contribution in [-0.2, 0) is 0 Å². The average molecular weight is 240 g/mol. The predicted octanol–water partition coefficient (Wildman–Crippen LogP) is 1.55. The largest absolute Gasteiger partial charge is 0.487 e. The SMILES string of the molecule is CC(C)c1cccc(OCCO)c1OCCO. The molecule has 0 atom stereocenters. The van der Waals surface area contributed by atoms with Gasteiger partial charge in [-0.15, -0.1) is 0 Å². The van der Waals surface area contributed by atoms with Gasteiger partial charge in [-0.1, -0.05) is 26.0 Å². The van der Waals surface area contributed by atoms with Crippen molar-refractivity contribution in [1.82, 2.24) is 0 Å². The van der Waals surface area contributed by atoms with Gasteiger partial charge in [0.1, 0.15) is 13.2 Å². The molecule has 0 heterocycles. The van der Waals surface area contributed by atoms with Crippen molar-refractivity contribution >= 4 is 0 Å². The first-order valence-electron chi connectivity index (χ1n) is 5.81. The third-order valence-electron chi connectivity index (χ3n) is 2.32. The average Bonchev–Trinajstić information content (AvgIpc) is 2.33. The van der Waals surface area contributed by atoms with Crippen LogP contribution in [0, 0.1) is 0 Å². The summed E-state index contributed by atoms with van der Waals surface area (Å²) >= 11 is 0. The molecular weight excluding hydrogens is 220 g/mol. The van der Waals surface area contributed by atoms with Crippen molar-refractivity contribution in [3.05, 3.63) is 23.8 Å². The van der Waals surface area contributed by atoms with Crippen LogP contribution in [0.2, 0.25) is 0 Å². The summed E-state index contributed by atoms with van der Waals surface area (Å²) in [5.41, 5.74) is 1.04. The first-order chi connectivity index (χ1) is 8.20. The number of ether oxygens (including phenoxy) is 2. The van der Waals surface area contributed by atoms with Crippen LogP contribution in [0.25, 0.3) is 0 Å². The molecule has 4 nitrogen and oxygen atoms in total. The maximum atomic E-state index is 8.82. The van der Waals surface area contributed by atoms with Gasteiger partial charge in [-0.3, -0.25) is 0 Å². The molecule has 1 aromatic rings. The zero-order chi connectivity index (χ0) is 12.7. The Morgan fingerprint density at radius 2 is 1.71 bits per heavy atom. The molecule has 1 aromatic carbocycles. The topological polar surface area (TPSA) is 58.9 Å². The molecule has 4 heteroatoms. The first-order valence-corrected chi connectivity index (χ1v) is 5.81. The lowest BCUT2D eigenvalue weighted by Gasteiger charge is -2.17. The van der Waals surface area contributed by atoms with E-state index in [1.807, 2.05) is 12.1 Å². The molecule has 0 bridgehead atoms.